The lowest BCUT2D eigenvalue weighted by Gasteiger charge is -2.21. The van der Waals surface area contributed by atoms with Crippen LogP contribution in [-0.2, 0) is 4.74 Å². The highest BCUT2D eigenvalue weighted by molar-refractivity contribution is 5.89. The number of nitrogens with zero attached hydrogens (tertiary/aromatic N) is 3. The monoisotopic (exact) mass is 483 g/mol. The average molecular weight is 484 g/mol. The molecule has 0 radical (unpaired) electrons. The lowest BCUT2D eigenvalue weighted by Crippen LogP contribution is -2.42. The van der Waals surface area contributed by atoms with E-state index >= 15 is 0 Å². The van der Waals surface area contributed by atoms with Crippen molar-refractivity contribution in [1.82, 2.24) is 20.0 Å². The van der Waals surface area contributed by atoms with Crippen LogP contribution in [0.25, 0.3) is 5.69 Å². The fourth-order valence-electron chi connectivity index (χ4n) is 4.37. The number of methoxy groups -OCH3 is 1. The van der Waals surface area contributed by atoms with E-state index in [-0.39, 0.29) is 23.9 Å². The number of ether oxygens (including phenoxy) is 1. The van der Waals surface area contributed by atoms with Crippen LogP contribution in [0.2, 0.25) is 0 Å². The third-order valence-electron chi connectivity index (χ3n) is 6.26. The average Bonchev–Trinajstić information content (AvgIpc) is 3.44. The van der Waals surface area contributed by atoms with E-state index in [4.69, 9.17) is 4.74 Å². The Morgan fingerprint density at radius 2 is 1.89 bits per heavy atom. The number of aromatic nitrogens is 2. The maximum atomic E-state index is 14.0. The quantitative estimate of drug-likeness (QED) is 0.495. The van der Waals surface area contributed by atoms with Crippen molar-refractivity contribution < 1.29 is 18.3 Å². The van der Waals surface area contributed by atoms with E-state index in [0.717, 1.165) is 17.4 Å². The van der Waals surface area contributed by atoms with Crippen LogP contribution in [0.3, 0.4) is 0 Å². The maximum Gasteiger partial charge on any atom is 0.320 e. The van der Waals surface area contributed by atoms with Gasteiger partial charge in [0.2, 0.25) is 0 Å². The van der Waals surface area contributed by atoms with E-state index in [1.165, 1.54) is 6.07 Å². The van der Waals surface area contributed by atoms with Gasteiger partial charge in [0, 0.05) is 38.7 Å². The largest absolute Gasteiger partial charge is 0.383 e. The molecule has 2 amide bonds. The number of hydrogen-bond acceptors (Lipinski definition) is 4. The van der Waals surface area contributed by atoms with Gasteiger partial charge in [-0.2, -0.15) is 5.10 Å². The zero-order valence-corrected chi connectivity index (χ0v) is 20.2. The summed E-state index contributed by atoms with van der Waals surface area (Å²) in [7, 11) is 1.63. The number of amides is 2. The molecule has 1 aliphatic rings. The van der Waals surface area contributed by atoms with Crippen LogP contribution in [0.15, 0.2) is 54.6 Å². The molecule has 0 aliphatic carbocycles. The first-order valence-electron chi connectivity index (χ1n) is 11.7. The molecule has 3 aromatic rings. The van der Waals surface area contributed by atoms with Crippen LogP contribution in [0, 0.1) is 11.6 Å². The molecule has 0 bridgehead atoms. The Morgan fingerprint density at radius 3 is 2.57 bits per heavy atom. The summed E-state index contributed by atoms with van der Waals surface area (Å²) >= 11 is 0. The van der Waals surface area contributed by atoms with Gasteiger partial charge in [0.15, 0.2) is 11.6 Å². The third kappa shape index (κ3) is 5.86. The van der Waals surface area contributed by atoms with Crippen LogP contribution in [0.1, 0.15) is 36.9 Å². The van der Waals surface area contributed by atoms with Gasteiger partial charge in [-0.3, -0.25) is 10.2 Å². The molecule has 1 saturated heterocycles. The van der Waals surface area contributed by atoms with E-state index in [9.17, 15) is 13.6 Å². The first-order chi connectivity index (χ1) is 16.9. The number of nitrogens with one attached hydrogen (secondary N) is 2. The molecule has 2 N–H and O–H groups in total. The van der Waals surface area contributed by atoms with Gasteiger partial charge in [-0.25, -0.2) is 18.3 Å². The summed E-state index contributed by atoms with van der Waals surface area (Å²) < 4.78 is 34.4. The van der Waals surface area contributed by atoms with Crippen molar-refractivity contribution in [3.63, 3.8) is 0 Å². The molecule has 0 saturated carbocycles. The van der Waals surface area contributed by atoms with Crippen molar-refractivity contribution in [2.24, 2.45) is 0 Å². The molecule has 2 atom stereocenters. The lowest BCUT2D eigenvalue weighted by atomic mass is 9.94. The molecule has 0 spiro atoms. The van der Waals surface area contributed by atoms with Gasteiger partial charge in [0.1, 0.15) is 5.82 Å². The smallest absolute Gasteiger partial charge is 0.320 e. The van der Waals surface area contributed by atoms with Crippen molar-refractivity contribution in [3.05, 3.63) is 77.5 Å². The van der Waals surface area contributed by atoms with Gasteiger partial charge in [-0.05, 0) is 35.7 Å². The summed E-state index contributed by atoms with van der Waals surface area (Å²) in [5.41, 5.74) is 2.34. The Kier molecular flexibility index (Phi) is 7.77. The Balaban J connectivity index is 1.54. The number of halogens is 2. The molecule has 4 rings (SSSR count). The second-order valence-corrected chi connectivity index (χ2v) is 9.09. The SMILES string of the molecule is COCCN1C[C@H](NC(=O)Nc2cc(C(C)C)nn2-c2ccccc2)[C@@H](c2ccc(F)c(F)c2)C1. The first kappa shape index (κ1) is 24.8. The Labute approximate surface area is 204 Å². The highest BCUT2D eigenvalue weighted by atomic mass is 19.2. The first-order valence-corrected chi connectivity index (χ1v) is 11.7. The van der Waals surface area contributed by atoms with Gasteiger partial charge < -0.3 is 10.1 Å². The van der Waals surface area contributed by atoms with Crippen LogP contribution in [0.4, 0.5) is 19.4 Å². The van der Waals surface area contributed by atoms with E-state index in [1.807, 2.05) is 50.2 Å². The van der Waals surface area contributed by atoms with Crippen LogP contribution < -0.4 is 10.6 Å². The Hall–Kier alpha value is -3.30. The highest BCUT2D eigenvalue weighted by Gasteiger charge is 2.35. The van der Waals surface area contributed by atoms with Crippen LogP contribution in [0.5, 0.6) is 0 Å². The molecule has 1 aromatic heterocycles. The second kappa shape index (κ2) is 11.0. The minimum atomic E-state index is -0.894. The van der Waals surface area contributed by atoms with Crippen molar-refractivity contribution in [3.8, 4) is 5.69 Å². The molecule has 186 valence electrons. The summed E-state index contributed by atoms with van der Waals surface area (Å²) in [6.45, 7) is 6.46. The number of urea groups is 1. The van der Waals surface area contributed by atoms with Gasteiger partial charge in [-0.1, -0.05) is 38.1 Å². The number of likely N-dealkylation sites (tertiary alicyclic amines) is 1. The molecule has 7 nitrogen and oxygen atoms in total. The minimum Gasteiger partial charge on any atom is -0.383 e. The van der Waals surface area contributed by atoms with E-state index < -0.39 is 11.6 Å². The lowest BCUT2D eigenvalue weighted by molar-refractivity contribution is 0.159. The van der Waals surface area contributed by atoms with Crippen LogP contribution >= 0.6 is 0 Å². The normalized spacial score (nSPS) is 18.2. The Morgan fingerprint density at radius 1 is 1.11 bits per heavy atom. The second-order valence-electron chi connectivity index (χ2n) is 9.09. The molecular weight excluding hydrogens is 452 g/mol. The summed E-state index contributed by atoms with van der Waals surface area (Å²) in [6, 6.07) is 14.7. The summed E-state index contributed by atoms with van der Waals surface area (Å²) in [5.74, 6) is -1.24. The topological polar surface area (TPSA) is 71.4 Å². The predicted molar refractivity (Wildman–Crippen MR) is 131 cm³/mol. The molecular formula is C26H31F2N5O2. The van der Waals surface area contributed by atoms with E-state index in [1.54, 1.807) is 17.9 Å². The van der Waals surface area contributed by atoms with Gasteiger partial charge in [0.05, 0.1) is 24.0 Å². The van der Waals surface area contributed by atoms with Crippen molar-refractivity contribution in [2.45, 2.75) is 31.7 Å². The number of rotatable bonds is 8. The van der Waals surface area contributed by atoms with Gasteiger partial charge >= 0.3 is 6.03 Å². The molecule has 2 heterocycles. The molecule has 0 unspecified atom stereocenters. The van der Waals surface area contributed by atoms with Crippen molar-refractivity contribution in [2.75, 3.05) is 38.7 Å². The Bertz CT molecular complexity index is 1150. The maximum absolute atomic E-state index is 14.0. The number of anilines is 1. The number of para-hydroxylation sites is 1. The van der Waals surface area contributed by atoms with Gasteiger partial charge in [0.25, 0.3) is 0 Å². The zero-order chi connectivity index (χ0) is 24.9. The molecule has 2 aromatic carbocycles. The van der Waals surface area contributed by atoms with Gasteiger partial charge in [-0.15, -0.1) is 0 Å². The standard InChI is InChI=1S/C26H31F2N5O2/c1-17(2)23-14-25(33(31-23)19-7-5-4-6-8-19)30-26(34)29-24-16-32(11-12-35-3)15-20(24)18-9-10-21(27)22(28)13-18/h4-10,13-14,17,20,24H,11-12,15-16H2,1-3H3,(H2,29,30,34)/t20-,24+/m1/s1. The summed E-state index contributed by atoms with van der Waals surface area (Å²) in [5, 5.41) is 10.6. The predicted octanol–water partition coefficient (Wildman–Crippen LogP) is 4.51. The molecule has 1 fully saturated rings. The summed E-state index contributed by atoms with van der Waals surface area (Å²) in [4.78, 5) is 15.3. The summed E-state index contributed by atoms with van der Waals surface area (Å²) in [6.07, 6.45) is 0. The highest BCUT2D eigenvalue weighted by Crippen LogP contribution is 2.29. The third-order valence-corrected chi connectivity index (χ3v) is 6.26. The van der Waals surface area contributed by atoms with Crippen molar-refractivity contribution >= 4 is 11.8 Å². The fraction of sp³-hybridized carbons (Fsp3) is 0.385. The number of benzene rings is 2. The molecule has 1 aliphatic heterocycles. The van der Waals surface area contributed by atoms with Crippen LogP contribution in [-0.4, -0.2) is 60.1 Å². The van der Waals surface area contributed by atoms with Crippen molar-refractivity contribution in [1.29, 1.82) is 0 Å². The number of carbonyl (C=O) groups is 1. The number of hydrogen-bond donors (Lipinski definition) is 2. The van der Waals surface area contributed by atoms with E-state index in [0.29, 0.717) is 37.6 Å². The van der Waals surface area contributed by atoms with E-state index in [2.05, 4.69) is 20.6 Å². The molecule has 35 heavy (non-hydrogen) atoms. The number of carbonyl (C=O) groups excluding carboxylic acids is 1. The minimum absolute atomic E-state index is 0.186. The molecule has 9 heteroatoms. The fourth-order valence-corrected chi connectivity index (χ4v) is 4.37. The zero-order valence-electron chi connectivity index (χ0n) is 20.2.